The summed E-state index contributed by atoms with van der Waals surface area (Å²) in [4.78, 5) is 11.8. The highest BCUT2D eigenvalue weighted by molar-refractivity contribution is 5.48. The van der Waals surface area contributed by atoms with Crippen molar-refractivity contribution in [1.29, 1.82) is 0 Å². The molecule has 2 unspecified atom stereocenters. The topological polar surface area (TPSA) is 53.1 Å². The van der Waals surface area contributed by atoms with E-state index in [0.717, 1.165) is 30.3 Å². The highest BCUT2D eigenvalue weighted by atomic mass is 15.2. The lowest BCUT2D eigenvalue weighted by atomic mass is 10.1. The molecule has 0 radical (unpaired) electrons. The maximum atomic E-state index is 4.67. The molecule has 2 atom stereocenters. The number of fused-ring (bicyclic) bond motifs is 1. The van der Waals surface area contributed by atoms with Gasteiger partial charge in [-0.05, 0) is 32.2 Å². The summed E-state index contributed by atoms with van der Waals surface area (Å²) in [7, 11) is 1.91. The smallest absolute Gasteiger partial charge is 0.133 e. The van der Waals surface area contributed by atoms with E-state index in [1.54, 1.807) is 0 Å². The van der Waals surface area contributed by atoms with Gasteiger partial charge < -0.3 is 10.6 Å². The molecule has 0 saturated carbocycles. The Labute approximate surface area is 121 Å². The average Bonchev–Trinajstić information content (AvgIpc) is 3.04. The lowest BCUT2D eigenvalue weighted by Crippen LogP contribution is -2.34. The van der Waals surface area contributed by atoms with E-state index in [0.29, 0.717) is 12.1 Å². The van der Waals surface area contributed by atoms with Gasteiger partial charge in [0.15, 0.2) is 0 Å². The molecule has 0 aromatic carbocycles. The maximum absolute atomic E-state index is 4.67. The summed E-state index contributed by atoms with van der Waals surface area (Å²) in [5.74, 6) is 2.82. The van der Waals surface area contributed by atoms with E-state index in [2.05, 4.69) is 32.4 Å². The third kappa shape index (κ3) is 2.73. The largest absolute Gasteiger partial charge is 0.373 e. The molecule has 2 saturated heterocycles. The van der Waals surface area contributed by atoms with Gasteiger partial charge in [0.2, 0.25) is 0 Å². The first kappa shape index (κ1) is 13.6. The van der Waals surface area contributed by atoms with E-state index in [4.69, 9.17) is 0 Å². The molecule has 2 aliphatic rings. The number of nitrogens with zero attached hydrogens (tertiary/aromatic N) is 3. The first-order chi connectivity index (χ1) is 9.80. The summed E-state index contributed by atoms with van der Waals surface area (Å²) in [6, 6.07) is 3.28. The van der Waals surface area contributed by atoms with E-state index >= 15 is 0 Å². The molecule has 110 valence electrons. The lowest BCUT2D eigenvalue weighted by Gasteiger charge is -2.22. The van der Waals surface area contributed by atoms with Gasteiger partial charge in [0.25, 0.3) is 0 Å². The molecule has 20 heavy (non-hydrogen) atoms. The molecule has 0 aliphatic carbocycles. The highest BCUT2D eigenvalue weighted by Crippen LogP contribution is 2.30. The van der Waals surface area contributed by atoms with Crippen LogP contribution in [0, 0.1) is 0 Å². The minimum atomic E-state index is 0.548. The third-order valence-electron chi connectivity index (χ3n) is 4.44. The lowest BCUT2D eigenvalue weighted by molar-refractivity contribution is 0.318. The van der Waals surface area contributed by atoms with Crippen molar-refractivity contribution in [2.75, 3.05) is 30.8 Å². The maximum Gasteiger partial charge on any atom is 0.133 e. The predicted octanol–water partition coefficient (Wildman–Crippen LogP) is 2.12. The molecule has 3 rings (SSSR count). The van der Waals surface area contributed by atoms with E-state index in [1.165, 1.54) is 32.4 Å². The monoisotopic (exact) mass is 275 g/mol. The van der Waals surface area contributed by atoms with Gasteiger partial charge in [0, 0.05) is 38.2 Å². The molecule has 2 aliphatic heterocycles. The zero-order chi connectivity index (χ0) is 13.9. The van der Waals surface area contributed by atoms with Crippen molar-refractivity contribution in [3.63, 3.8) is 0 Å². The van der Waals surface area contributed by atoms with Gasteiger partial charge in [-0.2, -0.15) is 0 Å². The fourth-order valence-corrected chi connectivity index (χ4v) is 3.48. The second-order valence-electron chi connectivity index (χ2n) is 5.84. The van der Waals surface area contributed by atoms with Crippen molar-refractivity contribution in [1.82, 2.24) is 14.9 Å². The van der Waals surface area contributed by atoms with Crippen molar-refractivity contribution >= 4 is 11.6 Å². The first-order valence-corrected chi connectivity index (χ1v) is 7.86. The molecule has 2 fully saturated rings. The van der Waals surface area contributed by atoms with Crippen LogP contribution >= 0.6 is 0 Å². The summed E-state index contributed by atoms with van der Waals surface area (Å²) in [5, 5.41) is 6.79. The highest BCUT2D eigenvalue weighted by Gasteiger charge is 2.37. The van der Waals surface area contributed by atoms with Crippen molar-refractivity contribution in [2.45, 2.75) is 51.1 Å². The van der Waals surface area contributed by atoms with Gasteiger partial charge in [-0.1, -0.05) is 6.92 Å². The van der Waals surface area contributed by atoms with Crippen molar-refractivity contribution in [2.24, 2.45) is 0 Å². The Bertz CT molecular complexity index is 462. The Morgan fingerprint density at radius 3 is 2.90 bits per heavy atom. The van der Waals surface area contributed by atoms with E-state index in [1.807, 2.05) is 13.1 Å². The van der Waals surface area contributed by atoms with Crippen LogP contribution in [-0.2, 0) is 6.42 Å². The minimum absolute atomic E-state index is 0.548. The Morgan fingerprint density at radius 2 is 2.10 bits per heavy atom. The Hall–Kier alpha value is -1.36. The summed E-state index contributed by atoms with van der Waals surface area (Å²) in [6.07, 6.45) is 5.91. The van der Waals surface area contributed by atoms with Crippen LogP contribution in [0.2, 0.25) is 0 Å². The number of nitrogens with one attached hydrogen (secondary N) is 2. The fourth-order valence-electron chi connectivity index (χ4n) is 3.48. The quantitative estimate of drug-likeness (QED) is 0.862. The zero-order valence-electron chi connectivity index (χ0n) is 12.5. The molecule has 2 N–H and O–H groups in total. The Kier molecular flexibility index (Phi) is 4.05. The molecule has 3 heterocycles. The summed E-state index contributed by atoms with van der Waals surface area (Å²) in [6.45, 7) is 4.67. The number of hydrogen-bond donors (Lipinski definition) is 2. The second-order valence-corrected chi connectivity index (χ2v) is 5.84. The van der Waals surface area contributed by atoms with E-state index in [-0.39, 0.29) is 0 Å². The average molecular weight is 275 g/mol. The number of anilines is 2. The standard InChI is InChI=1S/C15H25N5/c1-3-5-13-18-14(16-2)10-15(19-13)17-11-7-9-20-8-4-6-12(11)20/h10-12H,3-9H2,1-2H3,(H2,16,17,18,19). The number of aromatic nitrogens is 2. The summed E-state index contributed by atoms with van der Waals surface area (Å²) >= 11 is 0. The van der Waals surface area contributed by atoms with Gasteiger partial charge in [-0.15, -0.1) is 0 Å². The number of aryl methyl sites for hydroxylation is 1. The van der Waals surface area contributed by atoms with Crippen LogP contribution in [-0.4, -0.2) is 47.1 Å². The molecule has 1 aromatic heterocycles. The summed E-state index contributed by atoms with van der Waals surface area (Å²) < 4.78 is 0. The second kappa shape index (κ2) is 5.95. The van der Waals surface area contributed by atoms with Gasteiger partial charge in [-0.25, -0.2) is 9.97 Å². The summed E-state index contributed by atoms with van der Waals surface area (Å²) in [5.41, 5.74) is 0. The number of hydrogen-bond acceptors (Lipinski definition) is 5. The van der Waals surface area contributed by atoms with Gasteiger partial charge in [0.1, 0.15) is 17.5 Å². The molecular weight excluding hydrogens is 250 g/mol. The molecule has 0 bridgehead atoms. The first-order valence-electron chi connectivity index (χ1n) is 7.86. The van der Waals surface area contributed by atoms with Crippen molar-refractivity contribution in [3.8, 4) is 0 Å². The normalized spacial score (nSPS) is 25.7. The minimum Gasteiger partial charge on any atom is -0.373 e. The molecule has 0 amide bonds. The molecule has 5 nitrogen and oxygen atoms in total. The fraction of sp³-hybridized carbons (Fsp3) is 0.733. The van der Waals surface area contributed by atoms with Crippen LogP contribution in [0.4, 0.5) is 11.6 Å². The Morgan fingerprint density at radius 1 is 1.25 bits per heavy atom. The molecule has 0 spiro atoms. The molecular formula is C15H25N5. The zero-order valence-corrected chi connectivity index (χ0v) is 12.5. The SMILES string of the molecule is CCCc1nc(NC)cc(NC2CCN3CCCC23)n1. The van der Waals surface area contributed by atoms with E-state index < -0.39 is 0 Å². The van der Waals surface area contributed by atoms with Gasteiger partial charge in [0.05, 0.1) is 0 Å². The van der Waals surface area contributed by atoms with Gasteiger partial charge in [-0.3, -0.25) is 4.90 Å². The molecule has 5 heteroatoms. The van der Waals surface area contributed by atoms with Gasteiger partial charge >= 0.3 is 0 Å². The van der Waals surface area contributed by atoms with Crippen LogP contribution in [0.15, 0.2) is 6.07 Å². The third-order valence-corrected chi connectivity index (χ3v) is 4.44. The molecule has 1 aromatic rings. The Balaban J connectivity index is 1.74. The van der Waals surface area contributed by atoms with Crippen LogP contribution in [0.3, 0.4) is 0 Å². The predicted molar refractivity (Wildman–Crippen MR) is 82.2 cm³/mol. The van der Waals surface area contributed by atoms with Crippen LogP contribution in [0.5, 0.6) is 0 Å². The van der Waals surface area contributed by atoms with Crippen molar-refractivity contribution in [3.05, 3.63) is 11.9 Å². The number of rotatable bonds is 5. The van der Waals surface area contributed by atoms with Crippen molar-refractivity contribution < 1.29 is 0 Å². The van der Waals surface area contributed by atoms with Crippen LogP contribution < -0.4 is 10.6 Å². The van der Waals surface area contributed by atoms with Crippen LogP contribution in [0.1, 0.15) is 38.4 Å². The van der Waals surface area contributed by atoms with E-state index in [9.17, 15) is 0 Å². The van der Waals surface area contributed by atoms with Crippen LogP contribution in [0.25, 0.3) is 0 Å².